The maximum Gasteiger partial charge on any atom is 0.239 e. The molecule has 2 aliphatic rings. The summed E-state index contributed by atoms with van der Waals surface area (Å²) in [5.41, 5.74) is 9.16. The van der Waals surface area contributed by atoms with Crippen LogP contribution in [0.3, 0.4) is 0 Å². The summed E-state index contributed by atoms with van der Waals surface area (Å²) in [6.07, 6.45) is 6.94. The Kier molecular flexibility index (Phi) is 4.40. The summed E-state index contributed by atoms with van der Waals surface area (Å²) < 4.78 is 0. The lowest BCUT2D eigenvalue weighted by Crippen LogP contribution is -2.53. The van der Waals surface area contributed by atoms with Crippen molar-refractivity contribution in [3.63, 3.8) is 0 Å². The Morgan fingerprint density at radius 1 is 1.18 bits per heavy atom. The highest BCUT2D eigenvalue weighted by Gasteiger charge is 2.34. The van der Waals surface area contributed by atoms with Gasteiger partial charge in [-0.1, -0.05) is 19.8 Å². The highest BCUT2D eigenvalue weighted by Crippen LogP contribution is 2.29. The molecule has 2 fully saturated rings. The zero-order valence-electron chi connectivity index (χ0n) is 10.8. The normalized spacial score (nSPS) is 35.5. The minimum absolute atomic E-state index is 0.00526. The van der Waals surface area contributed by atoms with Gasteiger partial charge in [-0.3, -0.25) is 10.2 Å². The van der Waals surface area contributed by atoms with E-state index >= 15 is 0 Å². The number of piperidine rings is 1. The van der Waals surface area contributed by atoms with Crippen LogP contribution in [0.25, 0.3) is 0 Å². The predicted molar refractivity (Wildman–Crippen MR) is 68.0 cm³/mol. The monoisotopic (exact) mass is 239 g/mol. The van der Waals surface area contributed by atoms with Crippen LogP contribution >= 0.6 is 0 Å². The van der Waals surface area contributed by atoms with Gasteiger partial charge in [0.15, 0.2) is 0 Å². The van der Waals surface area contributed by atoms with Crippen LogP contribution in [0.4, 0.5) is 0 Å². The molecule has 0 radical (unpaired) electrons. The number of nitrogens with one attached hydrogen (secondary N) is 1. The number of hydrogen-bond acceptors (Lipinski definition) is 3. The molecule has 4 heteroatoms. The first kappa shape index (κ1) is 12.8. The maximum absolute atomic E-state index is 12.3. The van der Waals surface area contributed by atoms with Gasteiger partial charge in [-0.05, 0) is 31.6 Å². The lowest BCUT2D eigenvalue weighted by atomic mass is 9.77. The van der Waals surface area contributed by atoms with Gasteiger partial charge in [-0.25, -0.2) is 5.01 Å². The SMILES string of the molecule is CC1CCCC(N)C1C(=O)NN1CCCCC1. The molecule has 1 saturated carbocycles. The average Bonchev–Trinajstić information content (AvgIpc) is 2.30. The van der Waals surface area contributed by atoms with E-state index in [4.69, 9.17) is 5.73 Å². The number of nitrogens with two attached hydrogens (primary N) is 1. The minimum atomic E-state index is 0.00526. The molecule has 0 aromatic heterocycles. The third-order valence-electron chi connectivity index (χ3n) is 4.20. The summed E-state index contributed by atoms with van der Waals surface area (Å²) in [5.74, 6) is 0.570. The van der Waals surface area contributed by atoms with Gasteiger partial charge in [0.2, 0.25) is 5.91 Å². The first-order valence-corrected chi connectivity index (χ1v) is 6.99. The van der Waals surface area contributed by atoms with Gasteiger partial charge in [0.1, 0.15) is 0 Å². The number of carbonyl (C=O) groups excluding carboxylic acids is 1. The van der Waals surface area contributed by atoms with E-state index in [1.807, 2.05) is 0 Å². The lowest BCUT2D eigenvalue weighted by molar-refractivity contribution is -0.133. The maximum atomic E-state index is 12.3. The molecule has 1 aliphatic heterocycles. The molecule has 0 spiro atoms. The van der Waals surface area contributed by atoms with Crippen molar-refractivity contribution >= 4 is 5.91 Å². The summed E-state index contributed by atoms with van der Waals surface area (Å²) in [5, 5.41) is 2.07. The van der Waals surface area contributed by atoms with Crippen LogP contribution < -0.4 is 11.2 Å². The number of rotatable bonds is 2. The van der Waals surface area contributed by atoms with E-state index in [0.717, 1.165) is 32.4 Å². The topological polar surface area (TPSA) is 58.4 Å². The van der Waals surface area contributed by atoms with Crippen molar-refractivity contribution < 1.29 is 4.79 Å². The second-order valence-corrected chi connectivity index (χ2v) is 5.62. The summed E-state index contributed by atoms with van der Waals surface area (Å²) in [7, 11) is 0. The van der Waals surface area contributed by atoms with Gasteiger partial charge in [0.25, 0.3) is 0 Å². The summed E-state index contributed by atoms with van der Waals surface area (Å²) >= 11 is 0. The van der Waals surface area contributed by atoms with Gasteiger partial charge in [-0.2, -0.15) is 0 Å². The molecule has 0 aromatic carbocycles. The number of hydrazine groups is 1. The third kappa shape index (κ3) is 3.19. The minimum Gasteiger partial charge on any atom is -0.327 e. The van der Waals surface area contributed by atoms with E-state index in [9.17, 15) is 4.79 Å². The molecule has 0 bridgehead atoms. The first-order chi connectivity index (χ1) is 8.18. The lowest BCUT2D eigenvalue weighted by Gasteiger charge is -2.35. The van der Waals surface area contributed by atoms with E-state index in [0.29, 0.717) is 5.92 Å². The quantitative estimate of drug-likeness (QED) is 0.763. The largest absolute Gasteiger partial charge is 0.327 e. The van der Waals surface area contributed by atoms with Crippen molar-refractivity contribution in [3.8, 4) is 0 Å². The molecule has 1 heterocycles. The fourth-order valence-electron chi connectivity index (χ4n) is 3.15. The van der Waals surface area contributed by atoms with Crippen LogP contribution in [-0.2, 0) is 4.79 Å². The molecular weight excluding hydrogens is 214 g/mol. The van der Waals surface area contributed by atoms with Gasteiger partial charge >= 0.3 is 0 Å². The van der Waals surface area contributed by atoms with Crippen molar-refractivity contribution in [3.05, 3.63) is 0 Å². The Labute approximate surface area is 104 Å². The third-order valence-corrected chi connectivity index (χ3v) is 4.20. The molecule has 1 aliphatic carbocycles. The molecule has 3 atom stereocenters. The Hall–Kier alpha value is -0.610. The van der Waals surface area contributed by atoms with Crippen LogP contribution in [0.1, 0.15) is 45.4 Å². The average molecular weight is 239 g/mol. The first-order valence-electron chi connectivity index (χ1n) is 6.99. The zero-order valence-corrected chi connectivity index (χ0v) is 10.8. The molecular formula is C13H25N3O. The van der Waals surface area contributed by atoms with Crippen molar-refractivity contribution in [1.82, 2.24) is 10.4 Å². The summed E-state index contributed by atoms with van der Waals surface area (Å²) in [6.45, 7) is 4.13. The van der Waals surface area contributed by atoms with Crippen molar-refractivity contribution in [2.75, 3.05) is 13.1 Å². The standard InChI is InChI=1S/C13H25N3O/c1-10-6-5-7-11(14)12(10)13(17)15-16-8-3-2-4-9-16/h10-12H,2-9,14H2,1H3,(H,15,17). The van der Waals surface area contributed by atoms with Gasteiger partial charge in [-0.15, -0.1) is 0 Å². The summed E-state index contributed by atoms with van der Waals surface area (Å²) in [4.78, 5) is 12.3. The second kappa shape index (κ2) is 5.83. The predicted octanol–water partition coefficient (Wildman–Crippen LogP) is 1.27. The second-order valence-electron chi connectivity index (χ2n) is 5.62. The van der Waals surface area contributed by atoms with Crippen molar-refractivity contribution in [2.45, 2.75) is 51.5 Å². The van der Waals surface area contributed by atoms with Gasteiger partial charge in [0.05, 0.1) is 5.92 Å². The van der Waals surface area contributed by atoms with Crippen LogP contribution in [0, 0.1) is 11.8 Å². The molecule has 17 heavy (non-hydrogen) atoms. The van der Waals surface area contributed by atoms with Crippen molar-refractivity contribution in [1.29, 1.82) is 0 Å². The Morgan fingerprint density at radius 3 is 2.53 bits per heavy atom. The fraction of sp³-hybridized carbons (Fsp3) is 0.923. The van der Waals surface area contributed by atoms with E-state index in [2.05, 4.69) is 17.4 Å². The van der Waals surface area contributed by atoms with Crippen LogP contribution in [0.15, 0.2) is 0 Å². The molecule has 0 aromatic rings. The molecule has 1 saturated heterocycles. The van der Waals surface area contributed by atoms with Crippen LogP contribution in [0.2, 0.25) is 0 Å². The van der Waals surface area contributed by atoms with E-state index in [1.54, 1.807) is 0 Å². The van der Waals surface area contributed by atoms with Gasteiger partial charge < -0.3 is 5.73 Å². The molecule has 3 N–H and O–H groups in total. The van der Waals surface area contributed by atoms with E-state index in [1.165, 1.54) is 19.3 Å². The smallest absolute Gasteiger partial charge is 0.239 e. The Morgan fingerprint density at radius 2 is 1.88 bits per heavy atom. The Balaban J connectivity index is 1.88. The van der Waals surface area contributed by atoms with Crippen molar-refractivity contribution in [2.24, 2.45) is 17.6 Å². The Bertz CT molecular complexity index is 253. The molecule has 2 rings (SSSR count). The zero-order chi connectivity index (χ0) is 12.3. The number of carbonyl (C=O) groups is 1. The van der Waals surface area contributed by atoms with Crippen LogP contribution in [0.5, 0.6) is 0 Å². The molecule has 3 unspecified atom stereocenters. The van der Waals surface area contributed by atoms with Crippen LogP contribution in [-0.4, -0.2) is 30.0 Å². The number of hydrogen-bond donors (Lipinski definition) is 2. The van der Waals surface area contributed by atoms with Gasteiger partial charge in [0, 0.05) is 19.1 Å². The van der Waals surface area contributed by atoms with E-state index < -0.39 is 0 Å². The number of amides is 1. The molecule has 98 valence electrons. The molecule has 1 amide bonds. The highest BCUT2D eigenvalue weighted by atomic mass is 16.2. The summed E-state index contributed by atoms with van der Waals surface area (Å²) in [6, 6.07) is 0.0449. The van der Waals surface area contributed by atoms with E-state index in [-0.39, 0.29) is 17.9 Å². The molecule has 4 nitrogen and oxygen atoms in total. The fourth-order valence-corrected chi connectivity index (χ4v) is 3.15. The highest BCUT2D eigenvalue weighted by molar-refractivity contribution is 5.79. The number of nitrogens with zero attached hydrogens (tertiary/aromatic N) is 1.